The fourth-order valence-electron chi connectivity index (χ4n) is 5.17. The fraction of sp³-hybridized carbons (Fsp3) is 0. The summed E-state index contributed by atoms with van der Waals surface area (Å²) < 4.78 is 0. The average Bonchev–Trinajstić information content (AvgIpc) is 3.11. The normalized spacial score (nSPS) is 12.1. The molecular formula is C28H17N. The minimum atomic E-state index is 1.19. The fourth-order valence-corrected chi connectivity index (χ4v) is 5.17. The van der Waals surface area contributed by atoms with E-state index in [1.807, 2.05) is 0 Å². The van der Waals surface area contributed by atoms with Crippen LogP contribution in [-0.2, 0) is 0 Å². The number of hydrogen-bond acceptors (Lipinski definition) is 0. The summed E-state index contributed by atoms with van der Waals surface area (Å²) in [7, 11) is 0. The van der Waals surface area contributed by atoms with Crippen LogP contribution in [0.15, 0.2) is 97.1 Å². The standard InChI is InChI=1S/C28H17N/c1-3-10-19-17(8-1)18-9-2-4-11-20(18)24-16-26-28(22-12-5-6-15-25(22)29-26)23-14-7-13-21(19)27(23)24/h1-16,29H. The van der Waals surface area contributed by atoms with Crippen molar-refractivity contribution in [1.82, 2.24) is 4.98 Å². The summed E-state index contributed by atoms with van der Waals surface area (Å²) in [6.45, 7) is 0. The highest BCUT2D eigenvalue weighted by molar-refractivity contribution is 6.27. The molecule has 0 radical (unpaired) electrons. The maximum absolute atomic E-state index is 3.66. The Morgan fingerprint density at radius 3 is 1.69 bits per heavy atom. The number of hydrogen-bond donors (Lipinski definition) is 1. The van der Waals surface area contributed by atoms with Crippen molar-refractivity contribution in [3.8, 4) is 33.4 Å². The van der Waals surface area contributed by atoms with Crippen LogP contribution in [0.5, 0.6) is 0 Å². The van der Waals surface area contributed by atoms with Gasteiger partial charge in [-0.15, -0.1) is 0 Å². The maximum atomic E-state index is 3.66. The number of rotatable bonds is 0. The van der Waals surface area contributed by atoms with Crippen LogP contribution in [0, 0.1) is 0 Å². The van der Waals surface area contributed by atoms with Crippen molar-refractivity contribution in [3.05, 3.63) is 97.1 Å². The van der Waals surface area contributed by atoms with E-state index < -0.39 is 0 Å². The van der Waals surface area contributed by atoms with Gasteiger partial charge in [0, 0.05) is 21.8 Å². The van der Waals surface area contributed by atoms with Gasteiger partial charge >= 0.3 is 0 Å². The van der Waals surface area contributed by atoms with Crippen molar-refractivity contribution in [2.45, 2.75) is 0 Å². The highest BCUT2D eigenvalue weighted by atomic mass is 14.7. The zero-order chi connectivity index (χ0) is 18.9. The van der Waals surface area contributed by atoms with E-state index in [2.05, 4.69) is 102 Å². The molecule has 0 saturated carbocycles. The zero-order valence-corrected chi connectivity index (χ0v) is 15.7. The summed E-state index contributed by atoms with van der Waals surface area (Å²) in [5.41, 5.74) is 10.2. The lowest BCUT2D eigenvalue weighted by Crippen LogP contribution is -1.85. The molecule has 1 aromatic heterocycles. The van der Waals surface area contributed by atoms with Crippen LogP contribution in [-0.4, -0.2) is 4.98 Å². The third kappa shape index (κ3) is 1.89. The molecule has 5 aromatic carbocycles. The lowest BCUT2D eigenvalue weighted by atomic mass is 9.91. The Balaban J connectivity index is 1.81. The Kier molecular flexibility index (Phi) is 2.80. The maximum Gasteiger partial charge on any atom is 0.0477 e. The molecule has 0 atom stereocenters. The van der Waals surface area contributed by atoms with Crippen LogP contribution < -0.4 is 0 Å². The van der Waals surface area contributed by atoms with Crippen molar-refractivity contribution in [3.63, 3.8) is 0 Å². The lowest BCUT2D eigenvalue weighted by Gasteiger charge is -2.12. The Labute approximate surface area is 168 Å². The third-order valence-corrected chi connectivity index (χ3v) is 6.35. The summed E-state index contributed by atoms with van der Waals surface area (Å²) in [6.07, 6.45) is 0. The summed E-state index contributed by atoms with van der Waals surface area (Å²) in [6, 6.07) is 35.3. The molecule has 1 N–H and O–H groups in total. The van der Waals surface area contributed by atoms with Crippen LogP contribution in [0.3, 0.4) is 0 Å². The summed E-state index contributed by atoms with van der Waals surface area (Å²) in [5, 5.41) is 5.27. The minimum absolute atomic E-state index is 1.19. The van der Waals surface area contributed by atoms with Crippen LogP contribution in [0.4, 0.5) is 0 Å². The number of nitrogens with one attached hydrogen (secondary N) is 1. The average molecular weight is 367 g/mol. The van der Waals surface area contributed by atoms with Gasteiger partial charge in [0.05, 0.1) is 0 Å². The van der Waals surface area contributed by atoms with Gasteiger partial charge < -0.3 is 4.98 Å². The van der Waals surface area contributed by atoms with Gasteiger partial charge in [0.25, 0.3) is 0 Å². The monoisotopic (exact) mass is 367 g/mol. The Hall–Kier alpha value is -3.84. The number of aromatic nitrogens is 1. The van der Waals surface area contributed by atoms with Gasteiger partial charge in [-0.2, -0.15) is 0 Å². The van der Waals surface area contributed by atoms with E-state index in [9.17, 15) is 0 Å². The second kappa shape index (κ2) is 5.36. The van der Waals surface area contributed by atoms with E-state index in [1.54, 1.807) is 0 Å². The van der Waals surface area contributed by atoms with Crippen LogP contribution in [0.2, 0.25) is 0 Å². The molecule has 134 valence electrons. The minimum Gasteiger partial charge on any atom is -0.354 e. The molecule has 1 aliphatic carbocycles. The van der Waals surface area contributed by atoms with Gasteiger partial charge in [-0.25, -0.2) is 0 Å². The Bertz CT molecular complexity index is 1600. The first-order valence-corrected chi connectivity index (χ1v) is 10.1. The van der Waals surface area contributed by atoms with Gasteiger partial charge in [0.1, 0.15) is 0 Å². The number of benzene rings is 5. The van der Waals surface area contributed by atoms with Gasteiger partial charge in [-0.05, 0) is 56.3 Å². The number of aromatic amines is 1. The number of H-pyrrole nitrogens is 1. The predicted molar refractivity (Wildman–Crippen MR) is 123 cm³/mol. The molecule has 0 amide bonds. The molecule has 1 nitrogen and oxygen atoms in total. The molecule has 7 rings (SSSR count). The van der Waals surface area contributed by atoms with Crippen molar-refractivity contribution >= 4 is 32.6 Å². The molecule has 0 unspecified atom stereocenters. The predicted octanol–water partition coefficient (Wildman–Crippen LogP) is 7.79. The van der Waals surface area contributed by atoms with E-state index in [1.165, 1.54) is 66.0 Å². The van der Waals surface area contributed by atoms with E-state index in [-0.39, 0.29) is 0 Å². The van der Waals surface area contributed by atoms with Gasteiger partial charge in [-0.1, -0.05) is 84.9 Å². The first-order chi connectivity index (χ1) is 14.4. The second-order valence-corrected chi connectivity index (χ2v) is 7.84. The summed E-state index contributed by atoms with van der Waals surface area (Å²) in [5.74, 6) is 0. The van der Waals surface area contributed by atoms with E-state index in [0.717, 1.165) is 0 Å². The molecule has 0 bridgehead atoms. The first-order valence-electron chi connectivity index (χ1n) is 10.1. The summed E-state index contributed by atoms with van der Waals surface area (Å²) in [4.78, 5) is 3.66. The van der Waals surface area contributed by atoms with Crippen LogP contribution in [0.25, 0.3) is 66.0 Å². The molecule has 1 aliphatic rings. The molecule has 0 fully saturated rings. The number of fused-ring (bicyclic) bond motifs is 9. The Morgan fingerprint density at radius 1 is 0.379 bits per heavy atom. The largest absolute Gasteiger partial charge is 0.354 e. The highest BCUT2D eigenvalue weighted by Crippen LogP contribution is 2.49. The lowest BCUT2D eigenvalue weighted by molar-refractivity contribution is 1.55. The SMILES string of the molecule is c1ccc2c(c1)-c1ccccc1-c1cc3[nH]c4ccccc4c3c3cccc-2c13. The van der Waals surface area contributed by atoms with Crippen LogP contribution in [0.1, 0.15) is 0 Å². The Morgan fingerprint density at radius 2 is 0.931 bits per heavy atom. The topological polar surface area (TPSA) is 15.8 Å². The molecule has 6 aromatic rings. The quantitative estimate of drug-likeness (QED) is 0.281. The molecular weight excluding hydrogens is 350 g/mol. The highest BCUT2D eigenvalue weighted by Gasteiger charge is 2.22. The molecule has 1 heteroatoms. The van der Waals surface area contributed by atoms with Gasteiger partial charge in [0.2, 0.25) is 0 Å². The zero-order valence-electron chi connectivity index (χ0n) is 15.7. The molecule has 0 spiro atoms. The number of para-hydroxylation sites is 1. The van der Waals surface area contributed by atoms with Crippen molar-refractivity contribution in [2.75, 3.05) is 0 Å². The van der Waals surface area contributed by atoms with Crippen molar-refractivity contribution < 1.29 is 0 Å². The molecule has 0 aliphatic heterocycles. The molecule has 0 saturated heterocycles. The molecule has 29 heavy (non-hydrogen) atoms. The smallest absolute Gasteiger partial charge is 0.0477 e. The van der Waals surface area contributed by atoms with Gasteiger partial charge in [0.15, 0.2) is 0 Å². The van der Waals surface area contributed by atoms with Crippen molar-refractivity contribution in [1.29, 1.82) is 0 Å². The third-order valence-electron chi connectivity index (χ3n) is 6.35. The van der Waals surface area contributed by atoms with Crippen molar-refractivity contribution in [2.24, 2.45) is 0 Å². The first kappa shape index (κ1) is 15.1. The van der Waals surface area contributed by atoms with E-state index in [0.29, 0.717) is 0 Å². The van der Waals surface area contributed by atoms with Gasteiger partial charge in [-0.3, -0.25) is 0 Å². The van der Waals surface area contributed by atoms with E-state index >= 15 is 0 Å². The molecule has 1 heterocycles. The van der Waals surface area contributed by atoms with Crippen LogP contribution >= 0.6 is 0 Å². The second-order valence-electron chi connectivity index (χ2n) is 7.84. The summed E-state index contributed by atoms with van der Waals surface area (Å²) >= 11 is 0. The van der Waals surface area contributed by atoms with E-state index in [4.69, 9.17) is 0 Å².